The molecule has 52 valence electrons. The maximum atomic E-state index is 3.77. The van der Waals surface area contributed by atoms with Crippen LogP contribution in [0.4, 0.5) is 0 Å². The number of nitrogens with one attached hydrogen (secondary N) is 1. The Morgan fingerprint density at radius 3 is 1.75 bits per heavy atom. The molecule has 0 aromatic heterocycles. The Morgan fingerprint density at radius 2 is 1.75 bits per heavy atom. The molecule has 2 heteroatoms. The van der Waals surface area contributed by atoms with Crippen LogP contribution in [0.5, 0.6) is 0 Å². The lowest BCUT2D eigenvalue weighted by Crippen LogP contribution is -2.24. The first-order chi connectivity index (χ1) is 3.39. The van der Waals surface area contributed by atoms with Gasteiger partial charge in [-0.25, -0.2) is 9.35 Å². The second kappa shape index (κ2) is 1.78. The minimum atomic E-state index is -1.59. The van der Waals surface area contributed by atoms with Crippen molar-refractivity contribution in [3.63, 3.8) is 0 Å². The van der Waals surface area contributed by atoms with Crippen molar-refractivity contribution in [3.05, 3.63) is 12.0 Å². The maximum Gasteiger partial charge on any atom is -0.00848 e. The fourth-order valence-corrected chi connectivity index (χ4v) is 0.274. The average Bonchev–Trinajstić information content (AvgIpc) is 1.68. The largest absolute Gasteiger partial charge is 0.297 e. The highest BCUT2D eigenvalue weighted by atomic mass is 32.3. The zero-order valence-corrected chi connectivity index (χ0v) is 7.13. The zero-order chi connectivity index (χ0) is 6.86. The Labute approximate surface area is 52.6 Å². The summed E-state index contributed by atoms with van der Waals surface area (Å²) in [5, 5.41) is 2.03. The molecule has 0 unspecified atom stereocenters. The summed E-state index contributed by atoms with van der Waals surface area (Å²) in [6.45, 7) is 3.77. The van der Waals surface area contributed by atoms with Gasteiger partial charge in [-0.15, -0.1) is 0 Å². The third-order valence-corrected chi connectivity index (χ3v) is 4.32. The van der Waals surface area contributed by atoms with Gasteiger partial charge in [-0.1, -0.05) is 12.0 Å². The minimum absolute atomic E-state index is 1.59. The van der Waals surface area contributed by atoms with Crippen molar-refractivity contribution in [2.24, 2.45) is 0 Å². The van der Waals surface area contributed by atoms with Crippen molar-refractivity contribution in [1.82, 2.24) is 4.72 Å². The molecular weight excluding hydrogens is 118 g/mol. The Balaban J connectivity index is 4.21. The minimum Gasteiger partial charge on any atom is -0.297 e. The summed E-state index contributed by atoms with van der Waals surface area (Å²) in [6.07, 6.45) is 6.66. The molecule has 0 aromatic rings. The van der Waals surface area contributed by atoms with Gasteiger partial charge >= 0.3 is 0 Å². The Morgan fingerprint density at radius 1 is 1.38 bits per heavy atom. The van der Waals surface area contributed by atoms with Crippen LogP contribution in [0, 0.1) is 0 Å². The third kappa shape index (κ3) is 2.38. The van der Waals surface area contributed by atoms with E-state index in [0.29, 0.717) is 0 Å². The van der Waals surface area contributed by atoms with Crippen LogP contribution in [0.15, 0.2) is 12.0 Å². The van der Waals surface area contributed by atoms with Gasteiger partial charge in [0.05, 0.1) is 0 Å². The lowest BCUT2D eigenvalue weighted by atomic mass is 11.3. The van der Waals surface area contributed by atoms with E-state index in [-0.39, 0.29) is 0 Å². The van der Waals surface area contributed by atoms with Crippen LogP contribution in [0.3, 0.4) is 0 Å². The number of thiol groups is 1. The molecule has 0 atom stereocenters. The van der Waals surface area contributed by atoms with Crippen molar-refractivity contribution >= 4 is 9.35 Å². The highest BCUT2D eigenvalue weighted by molar-refractivity contribution is 8.48. The molecule has 0 aromatic carbocycles. The summed E-state index contributed by atoms with van der Waals surface area (Å²) in [7, 11) is 0.398. The second-order valence-electron chi connectivity index (χ2n) is 3.32. The van der Waals surface area contributed by atoms with Gasteiger partial charge in [0.2, 0.25) is 0 Å². The van der Waals surface area contributed by atoms with Crippen LogP contribution in [0.1, 0.15) is 0 Å². The predicted octanol–water partition coefficient (Wildman–Crippen LogP) is 1.23. The highest BCUT2D eigenvalue weighted by Crippen LogP contribution is 2.55. The monoisotopic (exact) mass is 135 g/mol. The predicted molar refractivity (Wildman–Crippen MR) is 46.0 cm³/mol. The van der Waals surface area contributed by atoms with Gasteiger partial charge in [-0.05, 0) is 25.8 Å². The van der Waals surface area contributed by atoms with E-state index in [1.165, 1.54) is 0 Å². The first-order valence-corrected chi connectivity index (χ1v) is 6.38. The molecular formula is C6H17NS. The number of hydrogen-bond acceptors (Lipinski definition) is 1. The maximum absolute atomic E-state index is 3.77. The summed E-state index contributed by atoms with van der Waals surface area (Å²) in [6, 6.07) is 0. The molecule has 1 nitrogen and oxygen atoms in total. The molecule has 0 saturated carbocycles. The van der Waals surface area contributed by atoms with E-state index in [0.717, 1.165) is 0 Å². The van der Waals surface area contributed by atoms with Crippen molar-refractivity contribution in [1.29, 1.82) is 0 Å². The summed E-state index contributed by atoms with van der Waals surface area (Å²) in [5.41, 5.74) is 0. The van der Waals surface area contributed by atoms with Crippen molar-refractivity contribution in [3.8, 4) is 0 Å². The first kappa shape index (κ1) is 8.05. The van der Waals surface area contributed by atoms with Gasteiger partial charge in [-0.3, -0.25) is 4.72 Å². The molecule has 8 heavy (non-hydrogen) atoms. The van der Waals surface area contributed by atoms with E-state index in [9.17, 15) is 0 Å². The number of rotatable bonds is 2. The summed E-state index contributed by atoms with van der Waals surface area (Å²) >= 11 is 0. The SMILES string of the molecule is C=C[SH](C)(C)(C)NC. The van der Waals surface area contributed by atoms with Crippen LogP contribution >= 0.6 is 9.35 Å². The Kier molecular flexibility index (Phi) is 1.79. The molecule has 0 aliphatic heterocycles. The molecule has 0 saturated heterocycles. The van der Waals surface area contributed by atoms with Crippen molar-refractivity contribution in [2.75, 3.05) is 25.8 Å². The smallest absolute Gasteiger partial charge is 0.00848 e. The van der Waals surface area contributed by atoms with E-state index in [1.807, 2.05) is 12.5 Å². The summed E-state index contributed by atoms with van der Waals surface area (Å²) in [4.78, 5) is 0. The number of hydrogen-bond donors (Lipinski definition) is 2. The lowest BCUT2D eigenvalue weighted by Gasteiger charge is -2.48. The topological polar surface area (TPSA) is 12.0 Å². The molecule has 0 rings (SSSR count). The van der Waals surface area contributed by atoms with E-state index in [4.69, 9.17) is 0 Å². The second-order valence-corrected chi connectivity index (χ2v) is 9.97. The van der Waals surface area contributed by atoms with E-state index >= 15 is 0 Å². The standard InChI is InChI=1S/C6H17NS/c1-6-8(3,4,5)7-2/h6-8H,1H2,2-5H3. The van der Waals surface area contributed by atoms with E-state index in [1.54, 1.807) is 0 Å². The van der Waals surface area contributed by atoms with E-state index < -0.39 is 9.35 Å². The highest BCUT2D eigenvalue weighted by Gasteiger charge is 2.15. The Bertz CT molecular complexity index is 98.8. The molecule has 0 heterocycles. The molecule has 0 radical (unpaired) electrons. The third-order valence-electron chi connectivity index (χ3n) is 1.44. The van der Waals surface area contributed by atoms with Crippen LogP contribution in [0.25, 0.3) is 0 Å². The fraction of sp³-hybridized carbons (Fsp3) is 0.667. The molecule has 0 amide bonds. The molecule has 0 fully saturated rings. The van der Waals surface area contributed by atoms with Crippen molar-refractivity contribution < 1.29 is 0 Å². The van der Waals surface area contributed by atoms with Gasteiger partial charge in [0.25, 0.3) is 0 Å². The lowest BCUT2D eigenvalue weighted by molar-refractivity contribution is 1.25. The van der Waals surface area contributed by atoms with Crippen molar-refractivity contribution in [2.45, 2.75) is 0 Å². The van der Waals surface area contributed by atoms with Gasteiger partial charge in [0.1, 0.15) is 0 Å². The van der Waals surface area contributed by atoms with Gasteiger partial charge in [-0.2, -0.15) is 0 Å². The van der Waals surface area contributed by atoms with Crippen LogP contribution in [-0.2, 0) is 0 Å². The molecule has 0 bridgehead atoms. The van der Waals surface area contributed by atoms with Gasteiger partial charge in [0.15, 0.2) is 0 Å². The fourth-order valence-electron chi connectivity index (χ4n) is 0.0913. The molecule has 0 aliphatic carbocycles. The Hall–Kier alpha value is 0.0500. The average molecular weight is 135 g/mol. The van der Waals surface area contributed by atoms with Crippen LogP contribution in [-0.4, -0.2) is 25.8 Å². The molecule has 0 aliphatic rings. The van der Waals surface area contributed by atoms with E-state index in [2.05, 4.69) is 30.1 Å². The molecule has 0 spiro atoms. The first-order valence-electron chi connectivity index (χ1n) is 2.73. The van der Waals surface area contributed by atoms with Gasteiger partial charge in [0, 0.05) is 0 Å². The van der Waals surface area contributed by atoms with Gasteiger partial charge < -0.3 is 0 Å². The molecule has 1 N–H and O–H groups in total. The van der Waals surface area contributed by atoms with Crippen LogP contribution < -0.4 is 4.72 Å². The summed E-state index contributed by atoms with van der Waals surface area (Å²) in [5.74, 6) is 0. The van der Waals surface area contributed by atoms with Crippen LogP contribution in [0.2, 0.25) is 0 Å². The summed E-state index contributed by atoms with van der Waals surface area (Å²) < 4.78 is 3.28. The normalized spacial score (nSPS) is 16.8. The zero-order valence-electron chi connectivity index (χ0n) is 6.23. The quantitative estimate of drug-likeness (QED) is 0.543.